The lowest BCUT2D eigenvalue weighted by atomic mass is 10.3. The van der Waals surface area contributed by atoms with E-state index >= 15 is 0 Å². The fourth-order valence-electron chi connectivity index (χ4n) is 1.94. The molecule has 0 N–H and O–H groups in total. The van der Waals surface area contributed by atoms with Crippen molar-refractivity contribution in [2.45, 2.75) is 11.3 Å². The molecule has 0 unspecified atom stereocenters. The largest absolute Gasteiger partial charge is 0.383 e. The van der Waals surface area contributed by atoms with Crippen LogP contribution in [0.15, 0.2) is 35.5 Å². The molecular formula is C13H16N6O3S. The van der Waals surface area contributed by atoms with E-state index in [0.717, 1.165) is 0 Å². The first-order valence-corrected chi connectivity index (χ1v) is 8.23. The molecule has 23 heavy (non-hydrogen) atoms. The molecule has 0 radical (unpaired) electrons. The molecule has 0 amide bonds. The molecule has 122 valence electrons. The predicted octanol–water partition coefficient (Wildman–Crippen LogP) is 0.213. The van der Waals surface area contributed by atoms with E-state index in [2.05, 4.69) is 15.5 Å². The first kappa shape index (κ1) is 17.0. The van der Waals surface area contributed by atoms with Crippen LogP contribution in [0.3, 0.4) is 0 Å². The number of tetrazole rings is 1. The lowest BCUT2D eigenvalue weighted by Crippen LogP contribution is -2.34. The van der Waals surface area contributed by atoms with Gasteiger partial charge in [0, 0.05) is 26.6 Å². The number of nitrogens with zero attached hydrogens (tertiary/aromatic N) is 6. The zero-order valence-corrected chi connectivity index (χ0v) is 13.3. The Balaban J connectivity index is 2.33. The molecule has 1 aromatic carbocycles. The van der Waals surface area contributed by atoms with E-state index in [-0.39, 0.29) is 31.0 Å². The summed E-state index contributed by atoms with van der Waals surface area (Å²) in [6.45, 7) is 0.532. The van der Waals surface area contributed by atoms with E-state index in [1.54, 1.807) is 12.1 Å². The van der Waals surface area contributed by atoms with Gasteiger partial charge in [-0.15, -0.1) is 5.10 Å². The second kappa shape index (κ2) is 7.77. The van der Waals surface area contributed by atoms with Gasteiger partial charge >= 0.3 is 0 Å². The number of hydrogen-bond donors (Lipinski definition) is 0. The second-order valence-electron chi connectivity index (χ2n) is 4.56. The molecule has 0 aliphatic heterocycles. The van der Waals surface area contributed by atoms with Crippen LogP contribution in [0.25, 0.3) is 5.69 Å². The Morgan fingerprint density at radius 1 is 1.39 bits per heavy atom. The molecule has 0 atom stereocenters. The molecule has 1 aromatic heterocycles. The van der Waals surface area contributed by atoms with Crippen LogP contribution in [0.4, 0.5) is 0 Å². The Morgan fingerprint density at radius 3 is 2.87 bits per heavy atom. The van der Waals surface area contributed by atoms with Crippen molar-refractivity contribution in [2.75, 3.05) is 26.8 Å². The summed E-state index contributed by atoms with van der Waals surface area (Å²) in [5.41, 5.74) is 0.531. The number of nitriles is 1. The molecule has 0 aliphatic rings. The van der Waals surface area contributed by atoms with Crippen LogP contribution in [0.2, 0.25) is 0 Å². The Labute approximate surface area is 134 Å². The maximum absolute atomic E-state index is 12.8. The Hall–Kier alpha value is -2.35. The van der Waals surface area contributed by atoms with Crippen molar-refractivity contribution in [3.63, 3.8) is 0 Å². The van der Waals surface area contributed by atoms with Gasteiger partial charge in [-0.05, 0) is 28.6 Å². The highest BCUT2D eigenvalue weighted by Crippen LogP contribution is 2.19. The van der Waals surface area contributed by atoms with E-state index < -0.39 is 10.0 Å². The molecular weight excluding hydrogens is 320 g/mol. The fourth-order valence-corrected chi connectivity index (χ4v) is 3.40. The van der Waals surface area contributed by atoms with Crippen LogP contribution >= 0.6 is 0 Å². The van der Waals surface area contributed by atoms with Crippen molar-refractivity contribution in [3.8, 4) is 11.8 Å². The Bertz CT molecular complexity index is 769. The molecule has 2 aromatic rings. The van der Waals surface area contributed by atoms with Gasteiger partial charge in [-0.1, -0.05) is 6.07 Å². The summed E-state index contributed by atoms with van der Waals surface area (Å²) >= 11 is 0. The van der Waals surface area contributed by atoms with Gasteiger partial charge in [0.2, 0.25) is 10.0 Å². The third kappa shape index (κ3) is 4.10. The van der Waals surface area contributed by atoms with Gasteiger partial charge in [0.25, 0.3) is 0 Å². The molecule has 9 nitrogen and oxygen atoms in total. The van der Waals surface area contributed by atoms with Gasteiger partial charge in [-0.3, -0.25) is 0 Å². The summed E-state index contributed by atoms with van der Waals surface area (Å²) in [6.07, 6.45) is 1.49. The van der Waals surface area contributed by atoms with Gasteiger partial charge in [-0.25, -0.2) is 13.1 Å². The zero-order chi connectivity index (χ0) is 16.7. The van der Waals surface area contributed by atoms with Gasteiger partial charge in [-0.2, -0.15) is 9.57 Å². The van der Waals surface area contributed by atoms with Crippen molar-refractivity contribution >= 4 is 10.0 Å². The molecule has 0 saturated carbocycles. The van der Waals surface area contributed by atoms with Gasteiger partial charge < -0.3 is 4.74 Å². The maximum atomic E-state index is 12.8. The summed E-state index contributed by atoms with van der Waals surface area (Å²) in [5.74, 6) is 0. The SMILES string of the molecule is COCCN(CCC#N)S(=O)(=O)c1cccc(-n2cnnn2)c1. The Kier molecular flexibility index (Phi) is 5.75. The smallest absolute Gasteiger partial charge is 0.243 e. The normalized spacial score (nSPS) is 11.5. The summed E-state index contributed by atoms with van der Waals surface area (Å²) in [4.78, 5) is 0.111. The van der Waals surface area contributed by atoms with Crippen LogP contribution in [0.1, 0.15) is 6.42 Å². The molecule has 0 saturated heterocycles. The molecule has 0 fully saturated rings. The van der Waals surface area contributed by atoms with Gasteiger partial charge in [0.05, 0.1) is 23.3 Å². The van der Waals surface area contributed by atoms with Crippen molar-refractivity contribution in [3.05, 3.63) is 30.6 Å². The molecule has 10 heteroatoms. The molecule has 0 spiro atoms. The van der Waals surface area contributed by atoms with Crippen LogP contribution in [-0.4, -0.2) is 59.7 Å². The van der Waals surface area contributed by atoms with Crippen LogP contribution in [0.5, 0.6) is 0 Å². The van der Waals surface area contributed by atoms with Gasteiger partial charge in [0.15, 0.2) is 0 Å². The number of methoxy groups -OCH3 is 1. The summed E-state index contributed by atoms with van der Waals surface area (Å²) in [7, 11) is -2.25. The second-order valence-corrected chi connectivity index (χ2v) is 6.49. The average Bonchev–Trinajstić information content (AvgIpc) is 3.09. The summed E-state index contributed by atoms with van der Waals surface area (Å²) in [6, 6.07) is 8.25. The highest BCUT2D eigenvalue weighted by molar-refractivity contribution is 7.89. The zero-order valence-electron chi connectivity index (χ0n) is 12.5. The number of benzene rings is 1. The summed E-state index contributed by atoms with van der Waals surface area (Å²) in [5, 5.41) is 19.5. The van der Waals surface area contributed by atoms with E-state index in [9.17, 15) is 8.42 Å². The molecule has 1 heterocycles. The highest BCUT2D eigenvalue weighted by atomic mass is 32.2. The van der Waals surface area contributed by atoms with Crippen LogP contribution < -0.4 is 0 Å². The number of hydrogen-bond acceptors (Lipinski definition) is 7. The minimum Gasteiger partial charge on any atom is -0.383 e. The van der Waals surface area contributed by atoms with E-state index in [1.807, 2.05) is 6.07 Å². The molecule has 0 bridgehead atoms. The van der Waals surface area contributed by atoms with Crippen molar-refractivity contribution in [1.29, 1.82) is 5.26 Å². The first-order chi connectivity index (χ1) is 11.1. The lowest BCUT2D eigenvalue weighted by molar-refractivity contribution is 0.179. The van der Waals surface area contributed by atoms with Crippen molar-refractivity contribution in [2.24, 2.45) is 0 Å². The first-order valence-electron chi connectivity index (χ1n) is 6.79. The van der Waals surface area contributed by atoms with E-state index in [0.29, 0.717) is 5.69 Å². The van der Waals surface area contributed by atoms with Crippen LogP contribution in [0, 0.1) is 11.3 Å². The van der Waals surface area contributed by atoms with E-state index in [1.165, 1.54) is 34.6 Å². The Morgan fingerprint density at radius 2 is 2.22 bits per heavy atom. The quantitative estimate of drug-likeness (QED) is 0.677. The predicted molar refractivity (Wildman–Crippen MR) is 80.0 cm³/mol. The molecule has 2 rings (SSSR count). The fraction of sp³-hybridized carbons (Fsp3) is 0.385. The summed E-state index contributed by atoms with van der Waals surface area (Å²) < 4.78 is 33.1. The average molecular weight is 336 g/mol. The number of aromatic nitrogens is 4. The topological polar surface area (TPSA) is 114 Å². The maximum Gasteiger partial charge on any atom is 0.243 e. The third-order valence-electron chi connectivity index (χ3n) is 3.09. The minimum absolute atomic E-state index is 0.107. The molecule has 0 aliphatic carbocycles. The number of rotatable bonds is 8. The van der Waals surface area contributed by atoms with Crippen molar-refractivity contribution < 1.29 is 13.2 Å². The van der Waals surface area contributed by atoms with Crippen LogP contribution in [-0.2, 0) is 14.8 Å². The third-order valence-corrected chi connectivity index (χ3v) is 4.98. The van der Waals surface area contributed by atoms with E-state index in [4.69, 9.17) is 10.00 Å². The number of sulfonamides is 1. The monoisotopic (exact) mass is 336 g/mol. The van der Waals surface area contributed by atoms with Gasteiger partial charge in [0.1, 0.15) is 6.33 Å². The lowest BCUT2D eigenvalue weighted by Gasteiger charge is -2.21. The minimum atomic E-state index is -3.74. The number of ether oxygens (including phenoxy) is 1. The highest BCUT2D eigenvalue weighted by Gasteiger charge is 2.24. The standard InChI is InChI=1S/C13H16N6O3S/c1-22-9-8-18(7-3-6-14)23(20,21)13-5-2-4-12(10-13)19-11-15-16-17-19/h2,4-5,10-11H,3,7-9H2,1H3. The van der Waals surface area contributed by atoms with Crippen molar-refractivity contribution in [1.82, 2.24) is 24.5 Å².